The van der Waals surface area contributed by atoms with Gasteiger partial charge in [0, 0.05) is 10.0 Å². The lowest BCUT2D eigenvalue weighted by molar-refractivity contribution is 0.0407. The van der Waals surface area contributed by atoms with Crippen LogP contribution in [0.2, 0.25) is 0 Å². The fraction of sp³-hybridized carbons (Fsp3) is 0.455. The minimum atomic E-state index is -0.937. The van der Waals surface area contributed by atoms with Crippen LogP contribution in [0.4, 0.5) is 4.39 Å². The summed E-state index contributed by atoms with van der Waals surface area (Å²) in [6.45, 7) is 0. The van der Waals surface area contributed by atoms with Crippen molar-refractivity contribution in [1.29, 1.82) is 0 Å². The zero-order chi connectivity index (χ0) is 10.2. The first kappa shape index (κ1) is 10.1. The number of benzene rings is 1. The van der Waals surface area contributed by atoms with Gasteiger partial charge in [-0.15, -0.1) is 0 Å². The zero-order valence-electron chi connectivity index (χ0n) is 7.76. The molecule has 1 aromatic carbocycles. The summed E-state index contributed by atoms with van der Waals surface area (Å²) < 4.78 is 14.3. The molecule has 0 spiro atoms. The third-order valence-electron chi connectivity index (χ3n) is 2.86. The van der Waals surface area contributed by atoms with Crippen molar-refractivity contribution in [3.05, 3.63) is 34.1 Å². The molecule has 76 valence electrons. The van der Waals surface area contributed by atoms with Crippen LogP contribution in [-0.2, 0) is 5.60 Å². The van der Waals surface area contributed by atoms with Crippen LogP contribution in [0, 0.1) is 5.82 Å². The molecule has 14 heavy (non-hydrogen) atoms. The highest BCUT2D eigenvalue weighted by atomic mass is 79.9. The molecule has 1 aliphatic carbocycles. The Labute approximate surface area is 91.1 Å². The lowest BCUT2D eigenvalue weighted by Crippen LogP contribution is -2.22. The molecule has 0 amide bonds. The van der Waals surface area contributed by atoms with Crippen molar-refractivity contribution in [2.45, 2.75) is 31.3 Å². The second kappa shape index (κ2) is 3.63. The molecule has 0 radical (unpaired) electrons. The second-order valence-corrected chi connectivity index (χ2v) is 4.78. The van der Waals surface area contributed by atoms with E-state index in [0.29, 0.717) is 18.4 Å². The molecule has 0 atom stereocenters. The standard InChI is InChI=1S/C11H12BrFO/c12-8-3-4-10(13)9(7-8)11(14)5-1-2-6-11/h3-4,7,14H,1-2,5-6H2. The Morgan fingerprint density at radius 3 is 2.57 bits per heavy atom. The SMILES string of the molecule is OC1(c2cc(Br)ccc2F)CCCC1. The zero-order valence-corrected chi connectivity index (χ0v) is 9.35. The van der Waals surface area contributed by atoms with E-state index in [9.17, 15) is 9.50 Å². The van der Waals surface area contributed by atoms with Gasteiger partial charge >= 0.3 is 0 Å². The van der Waals surface area contributed by atoms with Crippen molar-refractivity contribution in [3.63, 3.8) is 0 Å². The van der Waals surface area contributed by atoms with Gasteiger partial charge in [-0.1, -0.05) is 28.8 Å². The topological polar surface area (TPSA) is 20.2 Å². The van der Waals surface area contributed by atoms with Crippen molar-refractivity contribution in [1.82, 2.24) is 0 Å². The first-order valence-electron chi connectivity index (χ1n) is 4.80. The molecular weight excluding hydrogens is 247 g/mol. The fourth-order valence-corrected chi connectivity index (χ4v) is 2.44. The number of halogens is 2. The Kier molecular flexibility index (Phi) is 2.62. The second-order valence-electron chi connectivity index (χ2n) is 3.86. The van der Waals surface area contributed by atoms with Crippen LogP contribution >= 0.6 is 15.9 Å². The summed E-state index contributed by atoms with van der Waals surface area (Å²) in [6, 6.07) is 4.73. The highest BCUT2D eigenvalue weighted by Gasteiger charge is 2.35. The summed E-state index contributed by atoms with van der Waals surface area (Å²) in [7, 11) is 0. The summed E-state index contributed by atoms with van der Waals surface area (Å²) in [5.41, 5.74) is -0.502. The van der Waals surface area contributed by atoms with Crippen molar-refractivity contribution < 1.29 is 9.50 Å². The highest BCUT2D eigenvalue weighted by molar-refractivity contribution is 9.10. The lowest BCUT2D eigenvalue weighted by Gasteiger charge is -2.23. The van der Waals surface area contributed by atoms with Gasteiger partial charge in [0.15, 0.2) is 0 Å². The Hall–Kier alpha value is -0.410. The lowest BCUT2D eigenvalue weighted by atomic mass is 9.92. The molecule has 0 saturated heterocycles. The van der Waals surface area contributed by atoms with Crippen LogP contribution < -0.4 is 0 Å². The van der Waals surface area contributed by atoms with Gasteiger partial charge in [-0.05, 0) is 31.0 Å². The molecule has 0 unspecified atom stereocenters. The monoisotopic (exact) mass is 258 g/mol. The van der Waals surface area contributed by atoms with E-state index in [1.807, 2.05) is 0 Å². The summed E-state index contributed by atoms with van der Waals surface area (Å²) in [5.74, 6) is -0.308. The average molecular weight is 259 g/mol. The van der Waals surface area contributed by atoms with E-state index in [2.05, 4.69) is 15.9 Å². The minimum Gasteiger partial charge on any atom is -0.385 e. The van der Waals surface area contributed by atoms with E-state index in [-0.39, 0.29) is 5.82 Å². The van der Waals surface area contributed by atoms with Crippen LogP contribution in [0.5, 0.6) is 0 Å². The van der Waals surface area contributed by atoms with Crippen molar-refractivity contribution in [2.24, 2.45) is 0 Å². The first-order valence-corrected chi connectivity index (χ1v) is 5.59. The number of hydrogen-bond donors (Lipinski definition) is 1. The Bertz CT molecular complexity index is 345. The van der Waals surface area contributed by atoms with Gasteiger partial charge < -0.3 is 5.11 Å². The maximum atomic E-state index is 13.5. The summed E-state index contributed by atoms with van der Waals surface area (Å²) in [5, 5.41) is 10.2. The molecular formula is C11H12BrFO. The minimum absolute atomic E-state index is 0.308. The molecule has 0 aromatic heterocycles. The highest BCUT2D eigenvalue weighted by Crippen LogP contribution is 2.40. The molecule has 0 bridgehead atoms. The van der Waals surface area contributed by atoms with Gasteiger partial charge in [0.05, 0.1) is 5.60 Å². The van der Waals surface area contributed by atoms with E-state index < -0.39 is 5.60 Å². The molecule has 0 aliphatic heterocycles. The van der Waals surface area contributed by atoms with Crippen molar-refractivity contribution in [2.75, 3.05) is 0 Å². The van der Waals surface area contributed by atoms with E-state index >= 15 is 0 Å². The molecule has 1 aliphatic rings. The first-order chi connectivity index (χ1) is 6.62. The normalized spacial score (nSPS) is 19.9. The van der Waals surface area contributed by atoms with Gasteiger partial charge in [0.1, 0.15) is 5.82 Å². The maximum absolute atomic E-state index is 13.5. The third-order valence-corrected chi connectivity index (χ3v) is 3.35. The predicted octanol–water partition coefficient (Wildman–Crippen LogP) is 3.35. The van der Waals surface area contributed by atoms with Crippen LogP contribution in [0.25, 0.3) is 0 Å². The van der Waals surface area contributed by atoms with E-state index in [0.717, 1.165) is 17.3 Å². The van der Waals surface area contributed by atoms with Crippen molar-refractivity contribution >= 4 is 15.9 Å². The molecule has 1 saturated carbocycles. The molecule has 2 rings (SSSR count). The van der Waals surface area contributed by atoms with Gasteiger partial charge in [-0.3, -0.25) is 0 Å². The average Bonchev–Trinajstić information content (AvgIpc) is 2.58. The maximum Gasteiger partial charge on any atom is 0.129 e. The molecule has 1 fully saturated rings. The quantitative estimate of drug-likeness (QED) is 0.819. The summed E-state index contributed by atoms with van der Waals surface area (Å²) >= 11 is 3.29. The molecule has 1 N–H and O–H groups in total. The van der Waals surface area contributed by atoms with E-state index in [1.165, 1.54) is 6.07 Å². The summed E-state index contributed by atoms with van der Waals surface area (Å²) in [6.07, 6.45) is 3.28. The molecule has 3 heteroatoms. The molecule has 1 nitrogen and oxygen atoms in total. The Balaban J connectivity index is 2.44. The third kappa shape index (κ3) is 1.71. The fourth-order valence-electron chi connectivity index (χ4n) is 2.08. The van der Waals surface area contributed by atoms with E-state index in [4.69, 9.17) is 0 Å². The van der Waals surface area contributed by atoms with E-state index in [1.54, 1.807) is 12.1 Å². The van der Waals surface area contributed by atoms with Crippen LogP contribution in [-0.4, -0.2) is 5.11 Å². The van der Waals surface area contributed by atoms with Crippen LogP contribution in [0.15, 0.2) is 22.7 Å². The molecule has 0 heterocycles. The number of hydrogen-bond acceptors (Lipinski definition) is 1. The van der Waals surface area contributed by atoms with Crippen LogP contribution in [0.3, 0.4) is 0 Å². The van der Waals surface area contributed by atoms with Gasteiger partial charge in [0.25, 0.3) is 0 Å². The Morgan fingerprint density at radius 1 is 1.29 bits per heavy atom. The predicted molar refractivity (Wildman–Crippen MR) is 56.5 cm³/mol. The number of aliphatic hydroxyl groups is 1. The largest absolute Gasteiger partial charge is 0.385 e. The summed E-state index contributed by atoms with van der Waals surface area (Å²) in [4.78, 5) is 0. The van der Waals surface area contributed by atoms with Crippen LogP contribution in [0.1, 0.15) is 31.2 Å². The molecule has 1 aromatic rings. The van der Waals surface area contributed by atoms with Gasteiger partial charge in [-0.25, -0.2) is 4.39 Å². The van der Waals surface area contributed by atoms with Gasteiger partial charge in [0.2, 0.25) is 0 Å². The smallest absolute Gasteiger partial charge is 0.129 e. The van der Waals surface area contributed by atoms with Crippen molar-refractivity contribution in [3.8, 4) is 0 Å². The number of rotatable bonds is 1. The van der Waals surface area contributed by atoms with Gasteiger partial charge in [-0.2, -0.15) is 0 Å². The Morgan fingerprint density at radius 2 is 1.93 bits per heavy atom.